The molecule has 0 N–H and O–H groups in total. The fourth-order valence-electron chi connectivity index (χ4n) is 1.14. The molecule has 0 aromatic heterocycles. The summed E-state index contributed by atoms with van der Waals surface area (Å²) in [5, 5.41) is 0.656. The van der Waals surface area contributed by atoms with Crippen LogP contribution in [0.25, 0.3) is 0 Å². The predicted octanol–water partition coefficient (Wildman–Crippen LogP) is 2.86. The van der Waals surface area contributed by atoms with Crippen LogP contribution in [0.1, 0.15) is 24.2 Å². The fourth-order valence-corrected chi connectivity index (χ4v) is 1.26. The smallest absolute Gasteiger partial charge is 0.176 e. The molecule has 0 bridgehead atoms. The Morgan fingerprint density at radius 3 is 2.33 bits per heavy atom. The second-order valence-electron chi connectivity index (χ2n) is 3.94. The standard InChI is InChI=1S/C12H16ClNO/c1-9(2)14(3)8-12(15)10-4-6-11(13)7-5-10/h4-7,9H,8H2,1-3H3. The van der Waals surface area contributed by atoms with E-state index in [-0.39, 0.29) is 5.78 Å². The van der Waals surface area contributed by atoms with Crippen LogP contribution < -0.4 is 0 Å². The number of ketones is 1. The predicted molar refractivity (Wildman–Crippen MR) is 63.5 cm³/mol. The van der Waals surface area contributed by atoms with Gasteiger partial charge in [0.2, 0.25) is 0 Å². The van der Waals surface area contributed by atoms with Crippen LogP contribution in [-0.2, 0) is 0 Å². The monoisotopic (exact) mass is 225 g/mol. The summed E-state index contributed by atoms with van der Waals surface area (Å²) >= 11 is 5.75. The van der Waals surface area contributed by atoms with Crippen LogP contribution in [0.5, 0.6) is 0 Å². The number of benzene rings is 1. The van der Waals surface area contributed by atoms with E-state index in [9.17, 15) is 4.79 Å². The minimum Gasteiger partial charge on any atom is -0.296 e. The molecule has 0 unspecified atom stereocenters. The average molecular weight is 226 g/mol. The zero-order valence-electron chi connectivity index (χ0n) is 9.33. The lowest BCUT2D eigenvalue weighted by atomic mass is 10.1. The van der Waals surface area contributed by atoms with E-state index in [4.69, 9.17) is 11.6 Å². The van der Waals surface area contributed by atoms with Gasteiger partial charge in [0.25, 0.3) is 0 Å². The molecule has 0 aliphatic carbocycles. The molecule has 1 aromatic rings. The van der Waals surface area contributed by atoms with Crippen LogP contribution in [0.2, 0.25) is 5.02 Å². The summed E-state index contributed by atoms with van der Waals surface area (Å²) in [6.45, 7) is 4.57. The van der Waals surface area contributed by atoms with Gasteiger partial charge in [-0.1, -0.05) is 11.6 Å². The SMILES string of the molecule is CC(C)N(C)CC(=O)c1ccc(Cl)cc1. The van der Waals surface area contributed by atoms with Crippen molar-refractivity contribution in [2.75, 3.05) is 13.6 Å². The highest BCUT2D eigenvalue weighted by atomic mass is 35.5. The van der Waals surface area contributed by atoms with Crippen molar-refractivity contribution in [3.8, 4) is 0 Å². The van der Waals surface area contributed by atoms with Gasteiger partial charge in [-0.05, 0) is 45.2 Å². The second kappa shape index (κ2) is 5.29. The number of carbonyl (C=O) groups is 1. The van der Waals surface area contributed by atoms with Gasteiger partial charge in [-0.25, -0.2) is 0 Å². The van der Waals surface area contributed by atoms with Gasteiger partial charge in [0, 0.05) is 16.6 Å². The van der Waals surface area contributed by atoms with Gasteiger partial charge in [0.15, 0.2) is 5.78 Å². The third-order valence-corrected chi connectivity index (χ3v) is 2.69. The number of carbonyl (C=O) groups excluding carboxylic acids is 1. The number of likely N-dealkylation sites (N-methyl/N-ethyl adjacent to an activating group) is 1. The first-order chi connectivity index (χ1) is 7.00. The Balaban J connectivity index is 2.65. The summed E-state index contributed by atoms with van der Waals surface area (Å²) < 4.78 is 0. The summed E-state index contributed by atoms with van der Waals surface area (Å²) in [6.07, 6.45) is 0. The van der Waals surface area contributed by atoms with E-state index < -0.39 is 0 Å². The number of hydrogen-bond donors (Lipinski definition) is 0. The highest BCUT2D eigenvalue weighted by Gasteiger charge is 2.10. The molecule has 1 aromatic carbocycles. The molecular formula is C12H16ClNO. The van der Waals surface area contributed by atoms with Crippen LogP contribution in [-0.4, -0.2) is 30.3 Å². The zero-order chi connectivity index (χ0) is 11.4. The molecule has 0 aliphatic rings. The first kappa shape index (κ1) is 12.2. The number of hydrogen-bond acceptors (Lipinski definition) is 2. The molecule has 2 nitrogen and oxygen atoms in total. The molecule has 0 atom stereocenters. The van der Waals surface area contributed by atoms with E-state index in [1.54, 1.807) is 24.3 Å². The topological polar surface area (TPSA) is 20.3 Å². The summed E-state index contributed by atoms with van der Waals surface area (Å²) in [6, 6.07) is 7.38. The van der Waals surface area contributed by atoms with Crippen molar-refractivity contribution in [2.24, 2.45) is 0 Å². The Hall–Kier alpha value is -0.860. The maximum atomic E-state index is 11.8. The van der Waals surface area contributed by atoms with E-state index in [2.05, 4.69) is 13.8 Å². The summed E-state index contributed by atoms with van der Waals surface area (Å²) in [7, 11) is 1.94. The molecule has 0 radical (unpaired) electrons. The summed E-state index contributed by atoms with van der Waals surface area (Å²) in [5.74, 6) is 0.128. The van der Waals surface area contributed by atoms with Crippen molar-refractivity contribution in [3.05, 3.63) is 34.9 Å². The van der Waals surface area contributed by atoms with Gasteiger partial charge in [-0.2, -0.15) is 0 Å². The van der Waals surface area contributed by atoms with Crippen molar-refractivity contribution in [1.82, 2.24) is 4.90 Å². The van der Waals surface area contributed by atoms with E-state index in [0.717, 1.165) is 0 Å². The maximum Gasteiger partial charge on any atom is 0.176 e. The molecule has 0 saturated heterocycles. The lowest BCUT2D eigenvalue weighted by molar-refractivity contribution is 0.0929. The highest BCUT2D eigenvalue weighted by molar-refractivity contribution is 6.30. The molecule has 82 valence electrons. The minimum atomic E-state index is 0.128. The largest absolute Gasteiger partial charge is 0.296 e. The van der Waals surface area contributed by atoms with Gasteiger partial charge in [0.1, 0.15) is 0 Å². The first-order valence-corrected chi connectivity index (χ1v) is 5.37. The van der Waals surface area contributed by atoms with Gasteiger partial charge >= 0.3 is 0 Å². The van der Waals surface area contributed by atoms with Crippen LogP contribution in [0.4, 0.5) is 0 Å². The molecule has 0 heterocycles. The number of rotatable bonds is 4. The molecule has 15 heavy (non-hydrogen) atoms. The zero-order valence-corrected chi connectivity index (χ0v) is 10.1. The highest BCUT2D eigenvalue weighted by Crippen LogP contribution is 2.10. The minimum absolute atomic E-state index is 0.128. The third-order valence-electron chi connectivity index (χ3n) is 2.44. The third kappa shape index (κ3) is 3.65. The molecule has 1 rings (SSSR count). The molecule has 0 amide bonds. The summed E-state index contributed by atoms with van der Waals surface area (Å²) in [4.78, 5) is 13.8. The van der Waals surface area contributed by atoms with Crippen LogP contribution in [0, 0.1) is 0 Å². The van der Waals surface area contributed by atoms with Crippen molar-refractivity contribution >= 4 is 17.4 Å². The van der Waals surface area contributed by atoms with Gasteiger partial charge in [-0.15, -0.1) is 0 Å². The molecule has 0 saturated carbocycles. The second-order valence-corrected chi connectivity index (χ2v) is 4.38. The molecule has 0 spiro atoms. The van der Waals surface area contributed by atoms with Crippen molar-refractivity contribution in [1.29, 1.82) is 0 Å². The van der Waals surface area contributed by atoms with Crippen molar-refractivity contribution < 1.29 is 4.79 Å². The van der Waals surface area contributed by atoms with Crippen LogP contribution in [0.3, 0.4) is 0 Å². The number of halogens is 1. The van der Waals surface area contributed by atoms with E-state index >= 15 is 0 Å². The summed E-state index contributed by atoms with van der Waals surface area (Å²) in [5.41, 5.74) is 0.715. The quantitative estimate of drug-likeness (QED) is 0.735. The van der Waals surface area contributed by atoms with Gasteiger partial charge in [-0.3, -0.25) is 9.69 Å². The lowest BCUT2D eigenvalue weighted by Crippen LogP contribution is -2.31. The van der Waals surface area contributed by atoms with E-state index in [0.29, 0.717) is 23.2 Å². The molecule has 0 aliphatic heterocycles. The molecular weight excluding hydrogens is 210 g/mol. The molecule has 3 heteroatoms. The number of nitrogens with zero attached hydrogens (tertiary/aromatic N) is 1. The Morgan fingerprint density at radius 1 is 1.33 bits per heavy atom. The Kier molecular flexibility index (Phi) is 4.30. The Labute approximate surface area is 95.8 Å². The Morgan fingerprint density at radius 2 is 1.87 bits per heavy atom. The van der Waals surface area contributed by atoms with Crippen LogP contribution in [0.15, 0.2) is 24.3 Å². The lowest BCUT2D eigenvalue weighted by Gasteiger charge is -2.19. The maximum absolute atomic E-state index is 11.8. The average Bonchev–Trinajstić information content (AvgIpc) is 2.18. The van der Waals surface area contributed by atoms with Crippen LogP contribution >= 0.6 is 11.6 Å². The van der Waals surface area contributed by atoms with Gasteiger partial charge in [0.05, 0.1) is 6.54 Å². The Bertz CT molecular complexity index is 332. The van der Waals surface area contributed by atoms with Crippen molar-refractivity contribution in [3.63, 3.8) is 0 Å². The van der Waals surface area contributed by atoms with Crippen molar-refractivity contribution in [2.45, 2.75) is 19.9 Å². The number of Topliss-reactive ketones (excluding diaryl/α,β-unsaturated/α-hetero) is 1. The molecule has 0 fully saturated rings. The van der Waals surface area contributed by atoms with E-state index in [1.807, 2.05) is 11.9 Å². The first-order valence-electron chi connectivity index (χ1n) is 4.99. The normalized spacial score (nSPS) is 11.1. The van der Waals surface area contributed by atoms with Gasteiger partial charge < -0.3 is 0 Å². The fraction of sp³-hybridized carbons (Fsp3) is 0.417. The van der Waals surface area contributed by atoms with E-state index in [1.165, 1.54) is 0 Å².